The van der Waals surface area contributed by atoms with Gasteiger partial charge in [-0.3, -0.25) is 4.79 Å². The van der Waals surface area contributed by atoms with Gasteiger partial charge in [-0.05, 0) is 44.9 Å². The van der Waals surface area contributed by atoms with Crippen molar-refractivity contribution in [1.82, 2.24) is 10.3 Å². The molecule has 1 N–H and O–H groups in total. The number of hydrogen-bond donors (Lipinski definition) is 1. The van der Waals surface area contributed by atoms with Gasteiger partial charge in [0, 0.05) is 17.8 Å². The summed E-state index contributed by atoms with van der Waals surface area (Å²) in [7, 11) is 0. The van der Waals surface area contributed by atoms with Crippen LogP contribution in [-0.4, -0.2) is 23.5 Å². The number of ether oxygens (including phenoxy) is 1. The lowest BCUT2D eigenvalue weighted by molar-refractivity contribution is -0.127. The molecule has 0 radical (unpaired) electrons. The number of aromatic nitrogens is 1. The molecule has 0 unspecified atom stereocenters. The fraction of sp³-hybridized carbons (Fsp3) is 0.412. The minimum Gasteiger partial charge on any atom is -0.481 e. The van der Waals surface area contributed by atoms with Crippen molar-refractivity contribution in [2.24, 2.45) is 0 Å². The van der Waals surface area contributed by atoms with Crippen LogP contribution in [0.2, 0.25) is 0 Å². The third kappa shape index (κ3) is 4.31. The minimum atomic E-state index is -0.511. The van der Waals surface area contributed by atoms with Gasteiger partial charge in [0.25, 0.3) is 5.91 Å². The minimum absolute atomic E-state index is 0.0944. The van der Waals surface area contributed by atoms with E-state index in [1.807, 2.05) is 44.5 Å². The summed E-state index contributed by atoms with van der Waals surface area (Å²) >= 11 is 1.62. The molecule has 2 rings (SSSR count). The molecular weight excluding hydrogens is 296 g/mol. The highest BCUT2D eigenvalue weighted by Gasteiger charge is 2.15. The number of hydrogen-bond acceptors (Lipinski definition) is 4. The number of carbonyl (C=O) groups excluding carboxylic acids is 1. The number of amides is 1. The van der Waals surface area contributed by atoms with Gasteiger partial charge in [-0.1, -0.05) is 12.1 Å². The van der Waals surface area contributed by atoms with Crippen LogP contribution in [0, 0.1) is 20.8 Å². The lowest BCUT2D eigenvalue weighted by Gasteiger charge is -2.16. The SMILES string of the molecule is Cc1ccc(C)c(O[C@H](C)C(=O)NCCc2scnc2C)c1. The number of benzene rings is 1. The highest BCUT2D eigenvalue weighted by Crippen LogP contribution is 2.20. The lowest BCUT2D eigenvalue weighted by atomic mass is 10.1. The van der Waals surface area contributed by atoms with Gasteiger partial charge in [-0.25, -0.2) is 4.98 Å². The van der Waals surface area contributed by atoms with Gasteiger partial charge in [-0.2, -0.15) is 0 Å². The normalized spacial score (nSPS) is 12.0. The highest BCUT2D eigenvalue weighted by atomic mass is 32.1. The van der Waals surface area contributed by atoms with Gasteiger partial charge in [0.15, 0.2) is 6.10 Å². The molecule has 0 aliphatic rings. The predicted molar refractivity (Wildman–Crippen MR) is 89.6 cm³/mol. The molecule has 118 valence electrons. The fourth-order valence-corrected chi connectivity index (χ4v) is 2.87. The van der Waals surface area contributed by atoms with Crippen molar-refractivity contribution in [2.45, 2.75) is 40.2 Å². The topological polar surface area (TPSA) is 51.2 Å². The van der Waals surface area contributed by atoms with Crippen molar-refractivity contribution in [1.29, 1.82) is 0 Å². The molecule has 0 aliphatic carbocycles. The largest absolute Gasteiger partial charge is 0.481 e. The number of nitrogens with zero attached hydrogens (tertiary/aromatic N) is 1. The van der Waals surface area contributed by atoms with Crippen molar-refractivity contribution in [3.8, 4) is 5.75 Å². The molecule has 0 aliphatic heterocycles. The Balaban J connectivity index is 1.84. The summed E-state index contributed by atoms with van der Waals surface area (Å²) in [6.45, 7) is 8.34. The molecule has 1 amide bonds. The van der Waals surface area contributed by atoms with E-state index < -0.39 is 6.10 Å². The van der Waals surface area contributed by atoms with Crippen LogP contribution in [0.4, 0.5) is 0 Å². The number of aryl methyl sites for hydroxylation is 3. The molecule has 1 heterocycles. The first kappa shape index (κ1) is 16.5. The highest BCUT2D eigenvalue weighted by molar-refractivity contribution is 7.09. The van der Waals surface area contributed by atoms with Crippen LogP contribution in [0.3, 0.4) is 0 Å². The van der Waals surface area contributed by atoms with E-state index in [2.05, 4.69) is 10.3 Å². The smallest absolute Gasteiger partial charge is 0.260 e. The van der Waals surface area contributed by atoms with Crippen molar-refractivity contribution in [3.63, 3.8) is 0 Å². The molecule has 2 aromatic rings. The van der Waals surface area contributed by atoms with Crippen molar-refractivity contribution >= 4 is 17.2 Å². The van der Waals surface area contributed by atoms with E-state index in [1.165, 1.54) is 4.88 Å². The summed E-state index contributed by atoms with van der Waals surface area (Å²) in [5.41, 5.74) is 5.02. The average molecular weight is 318 g/mol. The Hall–Kier alpha value is -1.88. The third-order valence-corrected chi connectivity index (χ3v) is 4.51. The second kappa shape index (κ2) is 7.40. The molecule has 0 saturated carbocycles. The second-order valence-electron chi connectivity index (χ2n) is 5.43. The van der Waals surface area contributed by atoms with E-state index in [0.717, 1.165) is 29.0 Å². The molecule has 1 atom stereocenters. The van der Waals surface area contributed by atoms with Crippen molar-refractivity contribution in [2.75, 3.05) is 6.54 Å². The Labute approximate surface area is 135 Å². The maximum absolute atomic E-state index is 12.1. The standard InChI is InChI=1S/C17H22N2O2S/c1-11-5-6-12(2)15(9-11)21-14(4)17(20)18-8-7-16-13(3)19-10-22-16/h5-6,9-10,14H,7-8H2,1-4H3,(H,18,20)/t14-/m1/s1. The molecule has 0 spiro atoms. The molecular formula is C17H22N2O2S. The second-order valence-corrected chi connectivity index (χ2v) is 6.37. The molecule has 0 saturated heterocycles. The Morgan fingerprint density at radius 2 is 2.14 bits per heavy atom. The fourth-order valence-electron chi connectivity index (χ4n) is 2.09. The van der Waals surface area contributed by atoms with Gasteiger partial charge in [0.2, 0.25) is 0 Å². The Morgan fingerprint density at radius 3 is 2.82 bits per heavy atom. The summed E-state index contributed by atoms with van der Waals surface area (Å²) in [5, 5.41) is 2.92. The van der Waals surface area contributed by atoms with E-state index >= 15 is 0 Å². The summed E-state index contributed by atoms with van der Waals surface area (Å²) in [4.78, 5) is 17.5. The number of thiazole rings is 1. The van der Waals surface area contributed by atoms with Crippen molar-refractivity contribution < 1.29 is 9.53 Å². The van der Waals surface area contributed by atoms with Gasteiger partial charge < -0.3 is 10.1 Å². The lowest BCUT2D eigenvalue weighted by Crippen LogP contribution is -2.37. The monoisotopic (exact) mass is 318 g/mol. The molecule has 5 heteroatoms. The van der Waals surface area contributed by atoms with Crippen LogP contribution >= 0.6 is 11.3 Å². The summed E-state index contributed by atoms with van der Waals surface area (Å²) in [6, 6.07) is 5.99. The van der Waals surface area contributed by atoms with Crippen molar-refractivity contribution in [3.05, 3.63) is 45.4 Å². The Bertz CT molecular complexity index is 652. The van der Waals surface area contributed by atoms with E-state index in [4.69, 9.17) is 4.74 Å². The number of carbonyl (C=O) groups is 1. The van der Waals surface area contributed by atoms with Crippen LogP contribution in [-0.2, 0) is 11.2 Å². The summed E-state index contributed by atoms with van der Waals surface area (Å²) < 4.78 is 5.78. The van der Waals surface area contributed by atoms with Gasteiger partial charge in [0.05, 0.1) is 11.2 Å². The zero-order valence-electron chi connectivity index (χ0n) is 13.5. The number of rotatable bonds is 6. The molecule has 1 aromatic heterocycles. The van der Waals surface area contributed by atoms with Gasteiger partial charge in [0.1, 0.15) is 5.75 Å². The molecule has 4 nitrogen and oxygen atoms in total. The Morgan fingerprint density at radius 1 is 1.36 bits per heavy atom. The van der Waals surface area contributed by atoms with E-state index in [9.17, 15) is 4.79 Å². The van der Waals surface area contributed by atoms with Crippen LogP contribution < -0.4 is 10.1 Å². The molecule has 22 heavy (non-hydrogen) atoms. The third-order valence-electron chi connectivity index (χ3n) is 3.51. The van der Waals surface area contributed by atoms with Crippen LogP contribution in [0.25, 0.3) is 0 Å². The van der Waals surface area contributed by atoms with Crippen LogP contribution in [0.15, 0.2) is 23.7 Å². The van der Waals surface area contributed by atoms with Crippen LogP contribution in [0.1, 0.15) is 28.6 Å². The number of nitrogens with one attached hydrogen (secondary N) is 1. The quantitative estimate of drug-likeness (QED) is 0.890. The molecule has 0 fully saturated rings. The Kier molecular flexibility index (Phi) is 5.55. The van der Waals surface area contributed by atoms with Crippen LogP contribution in [0.5, 0.6) is 5.75 Å². The maximum atomic E-state index is 12.1. The van der Waals surface area contributed by atoms with E-state index in [0.29, 0.717) is 6.54 Å². The first-order valence-electron chi connectivity index (χ1n) is 7.38. The molecule has 1 aromatic carbocycles. The average Bonchev–Trinajstić information content (AvgIpc) is 2.88. The van der Waals surface area contributed by atoms with E-state index in [-0.39, 0.29) is 5.91 Å². The summed E-state index contributed by atoms with van der Waals surface area (Å²) in [5.74, 6) is 0.670. The zero-order valence-corrected chi connectivity index (χ0v) is 14.3. The van der Waals surface area contributed by atoms with Gasteiger partial charge in [-0.15, -0.1) is 11.3 Å². The predicted octanol–water partition coefficient (Wildman–Crippen LogP) is 3.19. The zero-order chi connectivity index (χ0) is 16.1. The maximum Gasteiger partial charge on any atom is 0.260 e. The summed E-state index contributed by atoms with van der Waals surface area (Å²) in [6.07, 6.45) is 0.293. The van der Waals surface area contributed by atoms with E-state index in [1.54, 1.807) is 18.3 Å². The molecule has 0 bridgehead atoms. The first-order valence-corrected chi connectivity index (χ1v) is 8.26. The van der Waals surface area contributed by atoms with Gasteiger partial charge >= 0.3 is 0 Å². The first-order chi connectivity index (χ1) is 10.5.